The molecule has 28 heavy (non-hydrogen) atoms. The Morgan fingerprint density at radius 2 is 1.68 bits per heavy atom. The third-order valence-electron chi connectivity index (χ3n) is 4.90. The minimum atomic E-state index is -0.217. The van der Waals surface area contributed by atoms with Gasteiger partial charge in [-0.15, -0.1) is 0 Å². The molecule has 1 aromatic heterocycles. The minimum Gasteiger partial charge on any atom is -0.354 e. The molecule has 1 aliphatic heterocycles. The summed E-state index contributed by atoms with van der Waals surface area (Å²) in [5, 5.41) is 5.59. The Labute approximate surface area is 165 Å². The van der Waals surface area contributed by atoms with Gasteiger partial charge in [0.15, 0.2) is 0 Å². The van der Waals surface area contributed by atoms with Crippen LogP contribution in [0.25, 0.3) is 0 Å². The smallest absolute Gasteiger partial charge is 0.243 e. The van der Waals surface area contributed by atoms with Crippen LogP contribution >= 0.6 is 0 Å². The number of carbonyl (C=O) groups excluding carboxylic acids is 2. The highest BCUT2D eigenvalue weighted by molar-refractivity contribution is 5.95. The van der Waals surface area contributed by atoms with Crippen molar-refractivity contribution in [2.45, 2.75) is 13.8 Å². The van der Waals surface area contributed by atoms with Crippen LogP contribution in [0.1, 0.15) is 11.1 Å². The van der Waals surface area contributed by atoms with Crippen molar-refractivity contribution in [3.8, 4) is 0 Å². The Kier molecular flexibility index (Phi) is 6.60. The molecule has 2 heterocycles. The molecule has 0 unspecified atom stereocenters. The molecule has 148 valence electrons. The molecule has 0 aliphatic carbocycles. The third kappa shape index (κ3) is 5.29. The van der Waals surface area contributed by atoms with Gasteiger partial charge in [-0.1, -0.05) is 24.3 Å². The van der Waals surface area contributed by atoms with Crippen LogP contribution in [0.2, 0.25) is 0 Å². The molecule has 1 aromatic carbocycles. The average Bonchev–Trinajstić information content (AvgIpc) is 2.70. The Morgan fingerprint density at radius 1 is 0.964 bits per heavy atom. The number of aromatic nitrogens is 1. The molecular weight excluding hydrogens is 354 g/mol. The number of nitrogens with zero attached hydrogens (tertiary/aromatic N) is 3. The maximum atomic E-state index is 12.2. The molecule has 1 aliphatic rings. The summed E-state index contributed by atoms with van der Waals surface area (Å²) in [5.74, 6) is 0.614. The van der Waals surface area contributed by atoms with E-state index in [1.807, 2.05) is 50.2 Å². The second-order valence-corrected chi connectivity index (χ2v) is 7.04. The maximum Gasteiger partial charge on any atom is 0.243 e. The van der Waals surface area contributed by atoms with E-state index in [0.29, 0.717) is 6.54 Å². The van der Waals surface area contributed by atoms with Gasteiger partial charge in [0.1, 0.15) is 5.82 Å². The van der Waals surface area contributed by atoms with Gasteiger partial charge in [-0.3, -0.25) is 14.5 Å². The second-order valence-electron chi connectivity index (χ2n) is 7.04. The first-order chi connectivity index (χ1) is 13.5. The maximum absolute atomic E-state index is 12.2. The number of amides is 2. The Bertz CT molecular complexity index is 797. The van der Waals surface area contributed by atoms with Crippen LogP contribution < -0.4 is 15.5 Å². The van der Waals surface area contributed by atoms with Crippen LogP contribution in [-0.2, 0) is 9.59 Å². The quantitative estimate of drug-likeness (QED) is 0.794. The number of nitrogens with one attached hydrogen (secondary N) is 2. The lowest BCUT2D eigenvalue weighted by Gasteiger charge is -2.34. The van der Waals surface area contributed by atoms with Crippen molar-refractivity contribution >= 4 is 23.3 Å². The standard InChI is InChI=1S/C21H27N5O2/c1-16-6-5-7-17(2)21(16)24-19(27)14-23-20(28)15-25-10-12-26(13-11-25)18-8-3-4-9-22-18/h3-9H,10-15H2,1-2H3,(H,23,28)(H,24,27). The lowest BCUT2D eigenvalue weighted by molar-refractivity contribution is -0.125. The number of carbonyl (C=O) groups is 2. The summed E-state index contributed by atoms with van der Waals surface area (Å²) in [6.45, 7) is 7.41. The molecule has 0 saturated carbocycles. The number of pyridine rings is 1. The number of hydrogen-bond donors (Lipinski definition) is 2. The molecule has 0 atom stereocenters. The van der Waals surface area contributed by atoms with Gasteiger partial charge >= 0.3 is 0 Å². The van der Waals surface area contributed by atoms with Crippen molar-refractivity contribution in [2.75, 3.05) is 49.5 Å². The molecule has 1 fully saturated rings. The zero-order chi connectivity index (χ0) is 19.9. The fourth-order valence-electron chi connectivity index (χ4n) is 3.31. The lowest BCUT2D eigenvalue weighted by atomic mass is 10.1. The van der Waals surface area contributed by atoms with Crippen molar-refractivity contribution in [3.63, 3.8) is 0 Å². The predicted molar refractivity (Wildman–Crippen MR) is 110 cm³/mol. The number of anilines is 2. The number of rotatable bonds is 6. The molecule has 0 spiro atoms. The number of benzene rings is 1. The summed E-state index contributed by atoms with van der Waals surface area (Å²) in [4.78, 5) is 33.0. The fourth-order valence-corrected chi connectivity index (χ4v) is 3.31. The molecule has 2 amide bonds. The molecule has 2 N–H and O–H groups in total. The zero-order valence-corrected chi connectivity index (χ0v) is 16.4. The van der Waals surface area contributed by atoms with Crippen LogP contribution in [0.3, 0.4) is 0 Å². The molecule has 7 heteroatoms. The summed E-state index contributed by atoms with van der Waals surface area (Å²) in [7, 11) is 0. The third-order valence-corrected chi connectivity index (χ3v) is 4.90. The first-order valence-corrected chi connectivity index (χ1v) is 9.54. The van der Waals surface area contributed by atoms with E-state index >= 15 is 0 Å². The number of piperazine rings is 1. The SMILES string of the molecule is Cc1cccc(C)c1NC(=O)CNC(=O)CN1CCN(c2ccccn2)CC1. The van der Waals surface area contributed by atoms with E-state index in [2.05, 4.69) is 25.4 Å². The summed E-state index contributed by atoms with van der Waals surface area (Å²) in [5.41, 5.74) is 2.82. The van der Waals surface area contributed by atoms with Crippen LogP contribution in [-0.4, -0.2) is 61.0 Å². The van der Waals surface area contributed by atoms with Crippen LogP contribution in [0.5, 0.6) is 0 Å². The lowest BCUT2D eigenvalue weighted by Crippen LogP contribution is -2.50. The highest BCUT2D eigenvalue weighted by Gasteiger charge is 2.20. The van der Waals surface area contributed by atoms with Gasteiger partial charge in [-0.2, -0.15) is 0 Å². The summed E-state index contributed by atoms with van der Waals surface area (Å²) in [6, 6.07) is 11.7. The Balaban J connectivity index is 1.40. The second kappa shape index (κ2) is 9.32. The van der Waals surface area contributed by atoms with E-state index < -0.39 is 0 Å². The summed E-state index contributed by atoms with van der Waals surface area (Å²) in [6.07, 6.45) is 1.79. The topological polar surface area (TPSA) is 77.6 Å². The van der Waals surface area contributed by atoms with Crippen molar-refractivity contribution in [3.05, 3.63) is 53.7 Å². The number of aryl methyl sites for hydroxylation is 2. The molecular formula is C21H27N5O2. The summed E-state index contributed by atoms with van der Waals surface area (Å²) < 4.78 is 0. The van der Waals surface area contributed by atoms with Gasteiger partial charge in [0.25, 0.3) is 0 Å². The van der Waals surface area contributed by atoms with Crippen molar-refractivity contribution in [2.24, 2.45) is 0 Å². The van der Waals surface area contributed by atoms with Gasteiger partial charge in [0.05, 0.1) is 13.1 Å². The van der Waals surface area contributed by atoms with Gasteiger partial charge < -0.3 is 15.5 Å². The largest absolute Gasteiger partial charge is 0.354 e. The Morgan fingerprint density at radius 3 is 2.32 bits per heavy atom. The highest BCUT2D eigenvalue weighted by Crippen LogP contribution is 2.19. The fraction of sp³-hybridized carbons (Fsp3) is 0.381. The first kappa shape index (κ1) is 19.8. The summed E-state index contributed by atoms with van der Waals surface area (Å²) >= 11 is 0. The number of hydrogen-bond acceptors (Lipinski definition) is 5. The molecule has 7 nitrogen and oxygen atoms in total. The van der Waals surface area contributed by atoms with Gasteiger partial charge in [-0.05, 0) is 37.1 Å². The molecule has 2 aromatic rings. The minimum absolute atomic E-state index is 0.0273. The van der Waals surface area contributed by atoms with Crippen LogP contribution in [0.15, 0.2) is 42.6 Å². The van der Waals surface area contributed by atoms with Gasteiger partial charge in [0.2, 0.25) is 11.8 Å². The normalized spacial score (nSPS) is 14.6. The molecule has 1 saturated heterocycles. The van der Waals surface area contributed by atoms with E-state index in [4.69, 9.17) is 0 Å². The Hall–Kier alpha value is -2.93. The van der Waals surface area contributed by atoms with Gasteiger partial charge in [-0.25, -0.2) is 4.98 Å². The zero-order valence-electron chi connectivity index (χ0n) is 16.4. The van der Waals surface area contributed by atoms with E-state index in [0.717, 1.165) is 48.8 Å². The van der Waals surface area contributed by atoms with E-state index in [1.54, 1.807) is 6.20 Å². The number of para-hydroxylation sites is 1. The average molecular weight is 381 g/mol. The van der Waals surface area contributed by atoms with Crippen LogP contribution in [0, 0.1) is 13.8 Å². The van der Waals surface area contributed by atoms with E-state index in [9.17, 15) is 9.59 Å². The van der Waals surface area contributed by atoms with Crippen molar-refractivity contribution < 1.29 is 9.59 Å². The van der Waals surface area contributed by atoms with Crippen LogP contribution in [0.4, 0.5) is 11.5 Å². The van der Waals surface area contributed by atoms with E-state index in [1.165, 1.54) is 0 Å². The monoisotopic (exact) mass is 381 g/mol. The van der Waals surface area contributed by atoms with Gasteiger partial charge in [0, 0.05) is 38.1 Å². The molecule has 3 rings (SSSR count). The highest BCUT2D eigenvalue weighted by atomic mass is 16.2. The molecule has 0 radical (unpaired) electrons. The first-order valence-electron chi connectivity index (χ1n) is 9.54. The predicted octanol–water partition coefficient (Wildman–Crippen LogP) is 1.58. The van der Waals surface area contributed by atoms with Crippen molar-refractivity contribution in [1.29, 1.82) is 0 Å². The molecule has 0 bridgehead atoms. The van der Waals surface area contributed by atoms with E-state index in [-0.39, 0.29) is 18.4 Å². The van der Waals surface area contributed by atoms with Crippen molar-refractivity contribution in [1.82, 2.24) is 15.2 Å².